The highest BCUT2D eigenvalue weighted by Gasteiger charge is 2.24. The molecule has 1 aromatic rings. The molecule has 2 N–H and O–H groups in total. The van der Waals surface area contributed by atoms with Gasteiger partial charge in [-0.2, -0.15) is 0 Å². The molecule has 3 rings (SSSR count). The number of pyridine rings is 1. The van der Waals surface area contributed by atoms with Gasteiger partial charge in [0.15, 0.2) is 0 Å². The van der Waals surface area contributed by atoms with E-state index in [2.05, 4.69) is 15.6 Å². The SMILES string of the molecule is O=C1CC[C@H](C(=O)NCc2ccc(OC3CCCCC3)nc2)CN1. The van der Waals surface area contributed by atoms with Crippen LogP contribution in [0.3, 0.4) is 0 Å². The second-order valence-electron chi connectivity index (χ2n) is 6.64. The summed E-state index contributed by atoms with van der Waals surface area (Å²) in [6.45, 7) is 0.872. The molecule has 1 saturated carbocycles. The highest BCUT2D eigenvalue weighted by Crippen LogP contribution is 2.22. The van der Waals surface area contributed by atoms with Gasteiger partial charge in [0.1, 0.15) is 6.10 Å². The summed E-state index contributed by atoms with van der Waals surface area (Å²) in [6, 6.07) is 3.81. The van der Waals surface area contributed by atoms with Crippen molar-refractivity contribution < 1.29 is 14.3 Å². The van der Waals surface area contributed by atoms with E-state index in [4.69, 9.17) is 4.74 Å². The molecule has 2 heterocycles. The second kappa shape index (κ2) is 8.13. The van der Waals surface area contributed by atoms with Gasteiger partial charge in [0.25, 0.3) is 0 Å². The molecule has 2 amide bonds. The van der Waals surface area contributed by atoms with Crippen LogP contribution in [0.2, 0.25) is 0 Å². The van der Waals surface area contributed by atoms with E-state index in [9.17, 15) is 9.59 Å². The summed E-state index contributed by atoms with van der Waals surface area (Å²) in [5, 5.41) is 5.64. The molecule has 2 aliphatic rings. The molecule has 6 nitrogen and oxygen atoms in total. The lowest BCUT2D eigenvalue weighted by Gasteiger charge is -2.22. The van der Waals surface area contributed by atoms with E-state index >= 15 is 0 Å². The highest BCUT2D eigenvalue weighted by atomic mass is 16.5. The predicted molar refractivity (Wildman–Crippen MR) is 89.3 cm³/mol. The fourth-order valence-electron chi connectivity index (χ4n) is 3.23. The van der Waals surface area contributed by atoms with Crippen LogP contribution >= 0.6 is 0 Å². The van der Waals surface area contributed by atoms with Crippen LogP contribution in [0, 0.1) is 5.92 Å². The van der Waals surface area contributed by atoms with E-state index in [1.165, 1.54) is 19.3 Å². The van der Waals surface area contributed by atoms with Gasteiger partial charge in [0.05, 0.1) is 5.92 Å². The van der Waals surface area contributed by atoms with Crippen LogP contribution in [0.25, 0.3) is 0 Å². The van der Waals surface area contributed by atoms with Crippen molar-refractivity contribution in [2.75, 3.05) is 6.54 Å². The van der Waals surface area contributed by atoms with Gasteiger partial charge >= 0.3 is 0 Å². The maximum absolute atomic E-state index is 12.1. The zero-order valence-electron chi connectivity index (χ0n) is 13.9. The minimum absolute atomic E-state index is 0.0162. The molecule has 6 heteroatoms. The van der Waals surface area contributed by atoms with Crippen LogP contribution in [-0.2, 0) is 16.1 Å². The molecular weight excluding hydrogens is 306 g/mol. The molecule has 1 saturated heterocycles. The molecular formula is C18H25N3O3. The smallest absolute Gasteiger partial charge is 0.225 e. The molecule has 0 unspecified atom stereocenters. The lowest BCUT2D eigenvalue weighted by atomic mass is 9.98. The molecule has 1 aliphatic carbocycles. The Balaban J connectivity index is 1.44. The van der Waals surface area contributed by atoms with Crippen molar-refractivity contribution in [3.63, 3.8) is 0 Å². The average molecular weight is 331 g/mol. The number of aromatic nitrogens is 1. The maximum Gasteiger partial charge on any atom is 0.225 e. The van der Waals surface area contributed by atoms with Crippen LogP contribution in [0.1, 0.15) is 50.5 Å². The molecule has 2 fully saturated rings. The van der Waals surface area contributed by atoms with Gasteiger partial charge in [-0.1, -0.05) is 12.5 Å². The molecule has 0 aromatic carbocycles. The van der Waals surface area contributed by atoms with Crippen LogP contribution in [0.5, 0.6) is 5.88 Å². The van der Waals surface area contributed by atoms with Crippen molar-refractivity contribution in [1.29, 1.82) is 0 Å². The van der Waals surface area contributed by atoms with Crippen molar-refractivity contribution in [3.05, 3.63) is 23.9 Å². The predicted octanol–water partition coefficient (Wildman–Crippen LogP) is 1.94. The molecule has 1 aliphatic heterocycles. The first kappa shape index (κ1) is 16.7. The topological polar surface area (TPSA) is 80.3 Å². The van der Waals surface area contributed by atoms with Gasteiger partial charge in [0, 0.05) is 31.8 Å². The van der Waals surface area contributed by atoms with Crippen LogP contribution in [0.15, 0.2) is 18.3 Å². The van der Waals surface area contributed by atoms with Gasteiger partial charge < -0.3 is 15.4 Å². The molecule has 0 radical (unpaired) electrons. The lowest BCUT2D eigenvalue weighted by Crippen LogP contribution is -2.42. The molecule has 0 spiro atoms. The Kier molecular flexibility index (Phi) is 5.67. The van der Waals surface area contributed by atoms with Gasteiger partial charge in [-0.05, 0) is 37.7 Å². The monoisotopic (exact) mass is 331 g/mol. The fourth-order valence-corrected chi connectivity index (χ4v) is 3.23. The summed E-state index contributed by atoms with van der Waals surface area (Å²) < 4.78 is 5.90. The first-order chi connectivity index (χ1) is 11.7. The Bertz CT molecular complexity index is 557. The number of carbonyl (C=O) groups is 2. The number of hydrogen-bond acceptors (Lipinski definition) is 4. The van der Waals surface area contributed by atoms with Crippen LogP contribution < -0.4 is 15.4 Å². The third-order valence-corrected chi connectivity index (χ3v) is 4.74. The summed E-state index contributed by atoms with van der Waals surface area (Å²) in [4.78, 5) is 27.6. The van der Waals surface area contributed by atoms with E-state index < -0.39 is 0 Å². The minimum atomic E-state index is -0.135. The lowest BCUT2D eigenvalue weighted by molar-refractivity contribution is -0.129. The molecule has 0 bridgehead atoms. The van der Waals surface area contributed by atoms with E-state index in [0.717, 1.165) is 18.4 Å². The molecule has 130 valence electrons. The Hall–Kier alpha value is -2.11. The van der Waals surface area contributed by atoms with Crippen molar-refractivity contribution in [2.24, 2.45) is 5.92 Å². The van der Waals surface area contributed by atoms with E-state index in [1.807, 2.05) is 12.1 Å². The number of ether oxygens (including phenoxy) is 1. The van der Waals surface area contributed by atoms with Crippen LogP contribution in [-0.4, -0.2) is 29.4 Å². The Morgan fingerprint density at radius 3 is 2.75 bits per heavy atom. The number of piperidine rings is 1. The van der Waals surface area contributed by atoms with Gasteiger partial charge in [-0.15, -0.1) is 0 Å². The zero-order valence-corrected chi connectivity index (χ0v) is 13.9. The Morgan fingerprint density at radius 1 is 1.25 bits per heavy atom. The van der Waals surface area contributed by atoms with Gasteiger partial charge in [0.2, 0.25) is 17.7 Å². The number of nitrogens with zero attached hydrogens (tertiary/aromatic N) is 1. The highest BCUT2D eigenvalue weighted by molar-refractivity contribution is 5.83. The minimum Gasteiger partial charge on any atom is -0.474 e. The summed E-state index contributed by atoms with van der Waals surface area (Å²) in [5.41, 5.74) is 0.944. The van der Waals surface area contributed by atoms with Crippen molar-refractivity contribution in [2.45, 2.75) is 57.6 Å². The van der Waals surface area contributed by atoms with E-state index in [1.54, 1.807) is 6.20 Å². The molecule has 1 aromatic heterocycles. The molecule has 24 heavy (non-hydrogen) atoms. The van der Waals surface area contributed by atoms with Gasteiger partial charge in [-0.3, -0.25) is 9.59 Å². The number of hydrogen-bond donors (Lipinski definition) is 2. The van der Waals surface area contributed by atoms with Crippen molar-refractivity contribution in [1.82, 2.24) is 15.6 Å². The summed E-state index contributed by atoms with van der Waals surface area (Å²) in [5.74, 6) is 0.533. The standard InChI is InChI=1S/C18H25N3O3/c22-16-8-7-14(12-19-16)18(23)21-11-13-6-9-17(20-10-13)24-15-4-2-1-3-5-15/h6,9-10,14-15H,1-5,7-8,11-12H2,(H,19,22)(H,21,23)/t14-/m0/s1. The largest absolute Gasteiger partial charge is 0.474 e. The van der Waals surface area contributed by atoms with Crippen molar-refractivity contribution in [3.8, 4) is 5.88 Å². The third kappa shape index (κ3) is 4.69. The van der Waals surface area contributed by atoms with Gasteiger partial charge in [-0.25, -0.2) is 4.98 Å². The molecule has 1 atom stereocenters. The van der Waals surface area contributed by atoms with E-state index in [0.29, 0.717) is 37.9 Å². The number of amides is 2. The maximum atomic E-state index is 12.1. The second-order valence-corrected chi connectivity index (χ2v) is 6.64. The number of rotatable bonds is 5. The summed E-state index contributed by atoms with van der Waals surface area (Å²) in [6.07, 6.45) is 9.06. The average Bonchev–Trinajstić information content (AvgIpc) is 2.62. The fraction of sp³-hybridized carbons (Fsp3) is 0.611. The third-order valence-electron chi connectivity index (χ3n) is 4.74. The Labute approximate surface area is 142 Å². The first-order valence-corrected chi connectivity index (χ1v) is 8.87. The zero-order chi connectivity index (χ0) is 16.8. The summed E-state index contributed by atoms with van der Waals surface area (Å²) >= 11 is 0. The summed E-state index contributed by atoms with van der Waals surface area (Å²) in [7, 11) is 0. The number of carbonyl (C=O) groups excluding carboxylic acids is 2. The number of nitrogens with one attached hydrogen (secondary N) is 2. The quantitative estimate of drug-likeness (QED) is 0.864. The van der Waals surface area contributed by atoms with Crippen LogP contribution in [0.4, 0.5) is 0 Å². The van der Waals surface area contributed by atoms with Crippen molar-refractivity contribution >= 4 is 11.8 Å². The first-order valence-electron chi connectivity index (χ1n) is 8.87. The normalized spacial score (nSPS) is 21.8. The Morgan fingerprint density at radius 2 is 2.08 bits per heavy atom. The van der Waals surface area contributed by atoms with E-state index in [-0.39, 0.29) is 17.7 Å².